The summed E-state index contributed by atoms with van der Waals surface area (Å²) in [6.45, 7) is 0.636. The van der Waals surface area contributed by atoms with Crippen molar-refractivity contribution >= 4 is 16.8 Å². The first-order chi connectivity index (χ1) is 9.72. The van der Waals surface area contributed by atoms with Crippen molar-refractivity contribution in [3.8, 4) is 0 Å². The first kappa shape index (κ1) is 13.1. The minimum absolute atomic E-state index is 0.0680. The lowest BCUT2D eigenvalue weighted by Gasteiger charge is -2.25. The molecule has 1 amide bonds. The van der Waals surface area contributed by atoms with Gasteiger partial charge in [-0.05, 0) is 37.3 Å². The lowest BCUT2D eigenvalue weighted by Crippen LogP contribution is -2.32. The zero-order chi connectivity index (χ0) is 13.9. The third-order valence-corrected chi connectivity index (χ3v) is 4.01. The topological polar surface area (TPSA) is 78.0 Å². The van der Waals surface area contributed by atoms with Crippen molar-refractivity contribution in [2.24, 2.45) is 5.92 Å². The number of fused-ring (bicyclic) bond motifs is 1. The predicted octanol–water partition coefficient (Wildman–Crippen LogP) is 1.84. The largest absolute Gasteiger partial charge is 0.393 e. The van der Waals surface area contributed by atoms with E-state index in [1.165, 1.54) is 0 Å². The van der Waals surface area contributed by atoms with E-state index >= 15 is 0 Å². The Hall–Kier alpha value is -1.88. The highest BCUT2D eigenvalue weighted by atomic mass is 16.3. The molecule has 0 aliphatic heterocycles. The fourth-order valence-electron chi connectivity index (χ4n) is 2.87. The van der Waals surface area contributed by atoms with Gasteiger partial charge in [0.25, 0.3) is 5.91 Å². The molecule has 20 heavy (non-hydrogen) atoms. The number of carbonyl (C=O) groups is 1. The van der Waals surface area contributed by atoms with Gasteiger partial charge in [0.15, 0.2) is 0 Å². The van der Waals surface area contributed by atoms with E-state index in [4.69, 9.17) is 0 Å². The summed E-state index contributed by atoms with van der Waals surface area (Å²) < 4.78 is 0. The van der Waals surface area contributed by atoms with Crippen LogP contribution < -0.4 is 5.32 Å². The monoisotopic (exact) mass is 273 g/mol. The van der Waals surface area contributed by atoms with E-state index in [-0.39, 0.29) is 12.0 Å². The molecule has 1 aliphatic carbocycles. The molecule has 5 heteroatoms. The van der Waals surface area contributed by atoms with Crippen LogP contribution in [-0.4, -0.2) is 33.9 Å². The molecule has 1 fully saturated rings. The Kier molecular flexibility index (Phi) is 3.69. The number of carbonyl (C=O) groups excluding carboxylic acids is 1. The van der Waals surface area contributed by atoms with Crippen molar-refractivity contribution in [2.45, 2.75) is 31.8 Å². The van der Waals surface area contributed by atoms with Crippen LogP contribution in [0.3, 0.4) is 0 Å². The number of hydrogen-bond donors (Lipinski definition) is 3. The summed E-state index contributed by atoms with van der Waals surface area (Å²) in [7, 11) is 0. The average molecular weight is 273 g/mol. The molecular weight excluding hydrogens is 254 g/mol. The zero-order valence-electron chi connectivity index (χ0n) is 11.3. The Balaban J connectivity index is 1.60. The van der Waals surface area contributed by atoms with Crippen molar-refractivity contribution in [2.75, 3.05) is 6.54 Å². The smallest absolute Gasteiger partial charge is 0.251 e. The van der Waals surface area contributed by atoms with Crippen LogP contribution in [0.4, 0.5) is 0 Å². The lowest BCUT2D eigenvalue weighted by atomic mass is 9.87. The van der Waals surface area contributed by atoms with E-state index in [2.05, 4.69) is 15.5 Å². The van der Waals surface area contributed by atoms with Gasteiger partial charge in [-0.15, -0.1) is 0 Å². The lowest BCUT2D eigenvalue weighted by molar-refractivity contribution is 0.0874. The summed E-state index contributed by atoms with van der Waals surface area (Å²) in [5, 5.41) is 20.4. The number of rotatable bonds is 3. The van der Waals surface area contributed by atoms with E-state index in [9.17, 15) is 9.90 Å². The maximum Gasteiger partial charge on any atom is 0.251 e. The number of amides is 1. The molecule has 1 aromatic heterocycles. The fraction of sp³-hybridized carbons (Fsp3) is 0.467. The summed E-state index contributed by atoms with van der Waals surface area (Å²) in [5.74, 6) is 0.320. The maximum atomic E-state index is 12.1. The summed E-state index contributed by atoms with van der Waals surface area (Å²) in [5.41, 5.74) is 1.50. The van der Waals surface area contributed by atoms with Gasteiger partial charge in [0, 0.05) is 17.5 Å². The normalized spacial score (nSPS) is 22.9. The second kappa shape index (κ2) is 5.63. The maximum absolute atomic E-state index is 12.1. The Bertz CT molecular complexity index is 608. The standard InChI is InChI=1S/C15H19N3O2/c19-13-3-1-2-10(6-13)8-16-15(20)11-4-5-12-9-17-18-14(12)7-11/h4-5,7,9-10,13,19H,1-3,6,8H2,(H,16,20)(H,17,18). The SMILES string of the molecule is O=C(NCC1CCCC(O)C1)c1ccc2cn[nH]c2c1. The highest BCUT2D eigenvalue weighted by molar-refractivity contribution is 5.97. The molecular formula is C15H19N3O2. The molecule has 3 rings (SSSR count). The third kappa shape index (κ3) is 2.82. The number of hydrogen-bond acceptors (Lipinski definition) is 3. The van der Waals surface area contributed by atoms with Crippen LogP contribution in [0.15, 0.2) is 24.4 Å². The molecule has 1 aromatic carbocycles. The van der Waals surface area contributed by atoms with Crippen LogP contribution in [0.2, 0.25) is 0 Å². The van der Waals surface area contributed by atoms with E-state index < -0.39 is 0 Å². The molecule has 2 aromatic rings. The van der Waals surface area contributed by atoms with Crippen molar-refractivity contribution in [1.29, 1.82) is 0 Å². The molecule has 0 bridgehead atoms. The molecule has 2 atom stereocenters. The highest BCUT2D eigenvalue weighted by Crippen LogP contribution is 2.23. The Morgan fingerprint density at radius 1 is 1.45 bits per heavy atom. The fourth-order valence-corrected chi connectivity index (χ4v) is 2.87. The van der Waals surface area contributed by atoms with Gasteiger partial charge in [-0.3, -0.25) is 9.89 Å². The molecule has 0 saturated heterocycles. The van der Waals surface area contributed by atoms with E-state index in [0.717, 1.165) is 36.6 Å². The number of aromatic nitrogens is 2. The van der Waals surface area contributed by atoms with Crippen molar-refractivity contribution < 1.29 is 9.90 Å². The van der Waals surface area contributed by atoms with Crippen molar-refractivity contribution in [3.05, 3.63) is 30.0 Å². The quantitative estimate of drug-likeness (QED) is 0.798. The average Bonchev–Trinajstić information content (AvgIpc) is 2.92. The van der Waals surface area contributed by atoms with Crippen LogP contribution in [-0.2, 0) is 0 Å². The minimum Gasteiger partial charge on any atom is -0.393 e. The highest BCUT2D eigenvalue weighted by Gasteiger charge is 2.20. The number of nitrogens with one attached hydrogen (secondary N) is 2. The first-order valence-electron chi connectivity index (χ1n) is 7.12. The number of benzene rings is 1. The van der Waals surface area contributed by atoms with Gasteiger partial charge in [-0.25, -0.2) is 0 Å². The number of aliphatic hydroxyl groups is 1. The van der Waals surface area contributed by atoms with Crippen LogP contribution >= 0.6 is 0 Å². The van der Waals surface area contributed by atoms with Crippen LogP contribution in [0.1, 0.15) is 36.0 Å². The van der Waals surface area contributed by atoms with E-state index in [1.807, 2.05) is 18.2 Å². The predicted molar refractivity (Wildman–Crippen MR) is 76.4 cm³/mol. The van der Waals surface area contributed by atoms with Crippen LogP contribution in [0.25, 0.3) is 10.9 Å². The summed E-state index contributed by atoms with van der Waals surface area (Å²) in [6, 6.07) is 5.51. The van der Waals surface area contributed by atoms with Gasteiger partial charge < -0.3 is 10.4 Å². The number of H-pyrrole nitrogens is 1. The van der Waals surface area contributed by atoms with E-state index in [0.29, 0.717) is 18.0 Å². The molecule has 3 N–H and O–H groups in total. The summed E-state index contributed by atoms with van der Waals surface area (Å²) in [6.07, 6.45) is 5.34. The molecule has 5 nitrogen and oxygen atoms in total. The van der Waals surface area contributed by atoms with Gasteiger partial charge in [0.05, 0.1) is 17.8 Å². The third-order valence-electron chi connectivity index (χ3n) is 4.01. The van der Waals surface area contributed by atoms with Gasteiger partial charge >= 0.3 is 0 Å². The molecule has 2 unspecified atom stereocenters. The number of nitrogens with zero attached hydrogens (tertiary/aromatic N) is 1. The Labute approximate surface area is 117 Å². The van der Waals surface area contributed by atoms with Crippen molar-refractivity contribution in [1.82, 2.24) is 15.5 Å². The molecule has 0 spiro atoms. The van der Waals surface area contributed by atoms with Gasteiger partial charge in [-0.2, -0.15) is 5.10 Å². The van der Waals surface area contributed by atoms with Gasteiger partial charge in [-0.1, -0.05) is 12.5 Å². The Morgan fingerprint density at radius 3 is 3.20 bits per heavy atom. The first-order valence-corrected chi connectivity index (χ1v) is 7.12. The minimum atomic E-state index is -0.202. The molecule has 1 saturated carbocycles. The molecule has 0 radical (unpaired) electrons. The Morgan fingerprint density at radius 2 is 2.35 bits per heavy atom. The number of aromatic amines is 1. The molecule has 1 aliphatic rings. The number of aliphatic hydroxyl groups excluding tert-OH is 1. The molecule has 1 heterocycles. The van der Waals surface area contributed by atoms with Crippen LogP contribution in [0.5, 0.6) is 0 Å². The summed E-state index contributed by atoms with van der Waals surface area (Å²) >= 11 is 0. The van der Waals surface area contributed by atoms with Gasteiger partial charge in [0.1, 0.15) is 0 Å². The summed E-state index contributed by atoms with van der Waals surface area (Å²) in [4.78, 5) is 12.1. The van der Waals surface area contributed by atoms with Crippen molar-refractivity contribution in [3.63, 3.8) is 0 Å². The second-order valence-corrected chi connectivity index (χ2v) is 5.57. The van der Waals surface area contributed by atoms with Crippen LogP contribution in [0, 0.1) is 5.92 Å². The van der Waals surface area contributed by atoms with E-state index in [1.54, 1.807) is 6.20 Å². The van der Waals surface area contributed by atoms with Gasteiger partial charge in [0.2, 0.25) is 0 Å². The molecule has 106 valence electrons. The zero-order valence-corrected chi connectivity index (χ0v) is 11.3. The second-order valence-electron chi connectivity index (χ2n) is 5.57.